The average molecular weight is 420 g/mol. The number of hydrogen-bond acceptors (Lipinski definition) is 5. The van der Waals surface area contributed by atoms with Gasteiger partial charge in [0.15, 0.2) is 5.58 Å². The third kappa shape index (κ3) is 5.72. The number of thiophene rings is 1. The molecule has 3 fully saturated rings. The first-order valence-corrected chi connectivity index (χ1v) is 12.0. The fourth-order valence-electron chi connectivity index (χ4n) is 4.59. The van der Waals surface area contributed by atoms with Gasteiger partial charge >= 0.3 is 6.09 Å². The molecule has 1 aliphatic heterocycles. The summed E-state index contributed by atoms with van der Waals surface area (Å²) in [6, 6.07) is 2.24. The van der Waals surface area contributed by atoms with Gasteiger partial charge < -0.3 is 19.8 Å². The summed E-state index contributed by atoms with van der Waals surface area (Å²) in [6.07, 6.45) is 8.84. The molecular weight excluding hydrogens is 386 g/mol. The fourth-order valence-corrected chi connectivity index (χ4v) is 5.46. The monoisotopic (exact) mass is 419 g/mol. The number of hydrogen-bond donors (Lipinski definition) is 2. The van der Waals surface area contributed by atoms with Crippen LogP contribution in [0.1, 0.15) is 69.9 Å². The van der Waals surface area contributed by atoms with Crippen LogP contribution >= 0.6 is 11.3 Å². The highest BCUT2D eigenvalue weighted by Gasteiger charge is 2.29. The van der Waals surface area contributed by atoms with Gasteiger partial charge in [0, 0.05) is 18.5 Å². The molecule has 0 atom stereocenters. The summed E-state index contributed by atoms with van der Waals surface area (Å²) in [6.45, 7) is 6.03. The van der Waals surface area contributed by atoms with E-state index in [9.17, 15) is 4.79 Å². The molecule has 3 heterocycles. The number of amides is 1. The van der Waals surface area contributed by atoms with Gasteiger partial charge in [-0.25, -0.2) is 4.79 Å². The standard InChI is InChI=1S/C14H18N2OS.C8H15NO2/c1-2-10(1)9-16-6-3-11(4-7-16)13-14-12(17-15-13)5-8-18-14;1-6-2-4-7(5-3-6)9-8(10)11/h5,8,10-11H,1-4,6-7,9H2;6-7,9H,2-5H2,1H3,(H,10,11)/t;6-,7-. The molecule has 5 rings (SSSR count). The van der Waals surface area contributed by atoms with Crippen molar-refractivity contribution >= 4 is 27.7 Å². The molecular formula is C22H33N3O3S. The van der Waals surface area contributed by atoms with E-state index in [-0.39, 0.29) is 6.04 Å². The van der Waals surface area contributed by atoms with Crippen LogP contribution in [0.4, 0.5) is 4.79 Å². The van der Waals surface area contributed by atoms with Gasteiger partial charge in [0.05, 0.1) is 4.70 Å². The molecule has 2 aromatic rings. The Kier molecular flexibility index (Phi) is 6.75. The van der Waals surface area contributed by atoms with Crippen LogP contribution in [0.5, 0.6) is 0 Å². The van der Waals surface area contributed by atoms with Crippen LogP contribution in [-0.2, 0) is 0 Å². The lowest BCUT2D eigenvalue weighted by Crippen LogP contribution is -2.36. The van der Waals surface area contributed by atoms with Crippen molar-refractivity contribution in [2.75, 3.05) is 19.6 Å². The van der Waals surface area contributed by atoms with Gasteiger partial charge in [-0.2, -0.15) is 0 Å². The number of aromatic nitrogens is 1. The van der Waals surface area contributed by atoms with Gasteiger partial charge in [0.1, 0.15) is 5.69 Å². The molecule has 2 aromatic heterocycles. The smallest absolute Gasteiger partial charge is 0.404 e. The van der Waals surface area contributed by atoms with E-state index >= 15 is 0 Å². The Morgan fingerprint density at radius 1 is 1.21 bits per heavy atom. The molecule has 1 saturated heterocycles. The van der Waals surface area contributed by atoms with E-state index in [1.807, 2.05) is 6.07 Å². The molecule has 0 unspecified atom stereocenters. The predicted octanol–water partition coefficient (Wildman–Crippen LogP) is 5.31. The van der Waals surface area contributed by atoms with Crippen LogP contribution in [-0.4, -0.2) is 46.9 Å². The lowest BCUT2D eigenvalue weighted by Gasteiger charge is -2.30. The molecule has 2 N–H and O–H groups in total. The Balaban J connectivity index is 0.000000161. The Bertz CT molecular complexity index is 784. The van der Waals surface area contributed by atoms with Crippen LogP contribution in [0.3, 0.4) is 0 Å². The van der Waals surface area contributed by atoms with Crippen molar-refractivity contribution in [1.82, 2.24) is 15.4 Å². The highest BCUT2D eigenvalue weighted by Crippen LogP contribution is 2.36. The number of likely N-dealkylation sites (tertiary alicyclic amines) is 1. The van der Waals surface area contributed by atoms with Crippen LogP contribution in [0.15, 0.2) is 16.0 Å². The maximum absolute atomic E-state index is 10.2. The van der Waals surface area contributed by atoms with Crippen molar-refractivity contribution in [3.63, 3.8) is 0 Å². The van der Waals surface area contributed by atoms with E-state index in [2.05, 4.69) is 27.7 Å². The largest absolute Gasteiger partial charge is 0.465 e. The Labute approximate surface area is 176 Å². The van der Waals surface area contributed by atoms with E-state index < -0.39 is 6.09 Å². The molecule has 3 aliphatic rings. The molecule has 1 amide bonds. The normalized spacial score (nSPS) is 26.1. The van der Waals surface area contributed by atoms with E-state index in [1.54, 1.807) is 11.3 Å². The third-order valence-electron chi connectivity index (χ3n) is 6.64. The molecule has 160 valence electrons. The zero-order valence-electron chi connectivity index (χ0n) is 17.3. The Hall–Kier alpha value is -1.60. The first kappa shape index (κ1) is 20.7. The van der Waals surface area contributed by atoms with Crippen LogP contribution in [0.2, 0.25) is 0 Å². The van der Waals surface area contributed by atoms with Crippen molar-refractivity contribution in [1.29, 1.82) is 0 Å². The number of piperidine rings is 1. The molecule has 29 heavy (non-hydrogen) atoms. The summed E-state index contributed by atoms with van der Waals surface area (Å²) >= 11 is 1.77. The number of nitrogens with zero attached hydrogens (tertiary/aromatic N) is 2. The topological polar surface area (TPSA) is 78.6 Å². The van der Waals surface area contributed by atoms with Crippen molar-refractivity contribution in [2.24, 2.45) is 11.8 Å². The summed E-state index contributed by atoms with van der Waals surface area (Å²) in [4.78, 5) is 12.9. The van der Waals surface area contributed by atoms with E-state index in [4.69, 9.17) is 9.63 Å². The second-order valence-corrected chi connectivity index (χ2v) is 10.0. The van der Waals surface area contributed by atoms with Crippen molar-refractivity contribution in [3.8, 4) is 0 Å². The van der Waals surface area contributed by atoms with Crippen molar-refractivity contribution < 1.29 is 14.4 Å². The van der Waals surface area contributed by atoms with Crippen molar-refractivity contribution in [3.05, 3.63) is 17.1 Å². The fraction of sp³-hybridized carbons (Fsp3) is 0.727. The second kappa shape index (κ2) is 9.47. The van der Waals surface area contributed by atoms with Gasteiger partial charge in [-0.3, -0.25) is 0 Å². The Morgan fingerprint density at radius 3 is 2.59 bits per heavy atom. The van der Waals surface area contributed by atoms with E-state index in [1.165, 1.54) is 55.7 Å². The van der Waals surface area contributed by atoms with E-state index in [0.717, 1.165) is 43.1 Å². The van der Waals surface area contributed by atoms with Gasteiger partial charge in [-0.15, -0.1) is 11.3 Å². The maximum Gasteiger partial charge on any atom is 0.404 e. The molecule has 7 heteroatoms. The van der Waals surface area contributed by atoms with Crippen molar-refractivity contribution in [2.45, 2.75) is 70.3 Å². The van der Waals surface area contributed by atoms with Crippen LogP contribution in [0.25, 0.3) is 10.3 Å². The van der Waals surface area contributed by atoms with Crippen LogP contribution in [0, 0.1) is 11.8 Å². The van der Waals surface area contributed by atoms with Gasteiger partial charge in [-0.1, -0.05) is 12.1 Å². The minimum Gasteiger partial charge on any atom is -0.465 e. The minimum atomic E-state index is -0.885. The number of fused-ring (bicyclic) bond motifs is 1. The van der Waals surface area contributed by atoms with Crippen LogP contribution < -0.4 is 5.32 Å². The first-order chi connectivity index (χ1) is 14.1. The second-order valence-electron chi connectivity index (χ2n) is 9.11. The SMILES string of the molecule is C[C@H]1CC[C@H](NC(=O)O)CC1.c1cc2onc(C3CCN(CC4CC4)CC3)c2s1. The average Bonchev–Trinajstić information content (AvgIpc) is 3.24. The van der Waals surface area contributed by atoms with E-state index in [0.29, 0.717) is 5.92 Å². The quantitative estimate of drug-likeness (QED) is 0.702. The zero-order chi connectivity index (χ0) is 20.2. The minimum absolute atomic E-state index is 0.212. The molecule has 6 nitrogen and oxygen atoms in total. The summed E-state index contributed by atoms with van der Waals surface area (Å²) in [5.41, 5.74) is 2.18. The molecule has 0 bridgehead atoms. The lowest BCUT2D eigenvalue weighted by atomic mass is 9.87. The molecule has 0 radical (unpaired) electrons. The summed E-state index contributed by atoms with van der Waals surface area (Å²) in [5, 5.41) is 17.3. The summed E-state index contributed by atoms with van der Waals surface area (Å²) < 4.78 is 6.66. The third-order valence-corrected chi connectivity index (χ3v) is 7.55. The molecule has 2 aliphatic carbocycles. The first-order valence-electron chi connectivity index (χ1n) is 11.1. The number of carbonyl (C=O) groups is 1. The highest BCUT2D eigenvalue weighted by molar-refractivity contribution is 7.17. The predicted molar refractivity (Wildman–Crippen MR) is 116 cm³/mol. The van der Waals surface area contributed by atoms with Gasteiger partial charge in [-0.05, 0) is 87.7 Å². The number of rotatable bonds is 4. The molecule has 2 saturated carbocycles. The van der Waals surface area contributed by atoms with Gasteiger partial charge in [0.25, 0.3) is 0 Å². The number of carboxylic acid groups (broad SMARTS) is 1. The zero-order valence-corrected chi connectivity index (χ0v) is 18.1. The molecule has 0 spiro atoms. The maximum atomic E-state index is 10.2. The lowest BCUT2D eigenvalue weighted by molar-refractivity contribution is 0.183. The van der Waals surface area contributed by atoms with Gasteiger partial charge in [0.2, 0.25) is 0 Å². The highest BCUT2D eigenvalue weighted by atomic mass is 32.1. The Morgan fingerprint density at radius 2 is 1.93 bits per heavy atom. The summed E-state index contributed by atoms with van der Waals surface area (Å²) in [5.74, 6) is 2.40. The summed E-state index contributed by atoms with van der Waals surface area (Å²) in [7, 11) is 0. The number of nitrogens with one attached hydrogen (secondary N) is 1. The molecule has 0 aromatic carbocycles.